The molecule has 0 N–H and O–H groups in total. The number of nitriles is 1. The number of hydrogen-bond acceptors (Lipinski definition) is 1. The lowest BCUT2D eigenvalue weighted by molar-refractivity contribution is 0.900. The van der Waals surface area contributed by atoms with Gasteiger partial charge in [0.2, 0.25) is 0 Å². The predicted octanol–water partition coefficient (Wildman–Crippen LogP) is 7.17. The van der Waals surface area contributed by atoms with Gasteiger partial charge in [-0.15, -0.1) is 0 Å². The Morgan fingerprint density at radius 2 is 1.83 bits per heavy atom. The summed E-state index contributed by atoms with van der Waals surface area (Å²) in [5.41, 5.74) is 6.20. The maximum absolute atomic E-state index is 9.22. The van der Waals surface area contributed by atoms with Crippen LogP contribution in [-0.4, -0.2) is 0 Å². The molecule has 0 unspecified atom stereocenters. The van der Waals surface area contributed by atoms with Crippen molar-refractivity contribution in [1.82, 2.24) is 0 Å². The topological polar surface area (TPSA) is 23.8 Å². The van der Waals surface area contributed by atoms with Crippen molar-refractivity contribution in [3.8, 4) is 6.07 Å². The van der Waals surface area contributed by atoms with Crippen molar-refractivity contribution in [3.63, 3.8) is 0 Å². The van der Waals surface area contributed by atoms with E-state index in [1.165, 1.54) is 5.56 Å². The van der Waals surface area contributed by atoms with E-state index in [-0.39, 0.29) is 0 Å². The molecule has 0 aromatic heterocycles. The molecule has 0 heterocycles. The molecule has 0 aliphatic carbocycles. The van der Waals surface area contributed by atoms with Gasteiger partial charge in [-0.05, 0) is 60.6 Å². The Balaban J connectivity index is 0.00000232. The van der Waals surface area contributed by atoms with Crippen molar-refractivity contribution < 1.29 is 0 Å². The maximum atomic E-state index is 9.22. The second-order valence-electron chi connectivity index (χ2n) is 5.27. The third kappa shape index (κ3) is 5.56. The minimum Gasteiger partial charge on any atom is -0.192 e. The molecule has 0 bridgehead atoms. The summed E-state index contributed by atoms with van der Waals surface area (Å²) in [6.45, 7) is 16.6. The van der Waals surface area contributed by atoms with Crippen LogP contribution in [0.4, 0.5) is 0 Å². The summed E-state index contributed by atoms with van der Waals surface area (Å²) < 4.78 is 0. The Morgan fingerprint density at radius 3 is 2.26 bits per heavy atom. The average Bonchev–Trinajstić information content (AvgIpc) is 2.57. The van der Waals surface area contributed by atoms with Crippen LogP contribution in [0.1, 0.15) is 76.1 Å². The standard InChI is InChI=1S/C19H24ClN.C2H6/c1-6-9-13(4)17(8-3)19(20)18-11-15(12-21)10-16(7-2)14(18)5;1-2/h10-11H,4,6-9H2,1-3,5H3;1-2H3/b19-17+;. The number of aryl methyl sites for hydroxylation is 1. The molecule has 0 aliphatic rings. The first kappa shape index (κ1) is 21.5. The predicted molar refractivity (Wildman–Crippen MR) is 104 cm³/mol. The van der Waals surface area contributed by atoms with Gasteiger partial charge in [-0.1, -0.05) is 64.8 Å². The van der Waals surface area contributed by atoms with Crippen molar-refractivity contribution >= 4 is 16.6 Å². The van der Waals surface area contributed by atoms with Gasteiger partial charge in [-0.2, -0.15) is 5.26 Å². The molecule has 0 radical (unpaired) electrons. The fraction of sp³-hybridized carbons (Fsp3) is 0.476. The Kier molecular flexibility index (Phi) is 10.4. The van der Waals surface area contributed by atoms with E-state index in [9.17, 15) is 5.26 Å². The zero-order valence-electron chi connectivity index (χ0n) is 15.5. The van der Waals surface area contributed by atoms with Crippen LogP contribution in [0, 0.1) is 18.3 Å². The summed E-state index contributed by atoms with van der Waals surface area (Å²) in [5, 5.41) is 9.97. The first-order valence-corrected chi connectivity index (χ1v) is 8.98. The highest BCUT2D eigenvalue weighted by atomic mass is 35.5. The first-order chi connectivity index (χ1) is 11.0. The summed E-state index contributed by atoms with van der Waals surface area (Å²) in [7, 11) is 0. The molecule has 1 aromatic rings. The van der Waals surface area contributed by atoms with Crippen molar-refractivity contribution in [1.29, 1.82) is 5.26 Å². The molecule has 2 heteroatoms. The molecular weight excluding hydrogens is 302 g/mol. The van der Waals surface area contributed by atoms with Crippen molar-refractivity contribution in [2.45, 2.75) is 67.2 Å². The highest BCUT2D eigenvalue weighted by Gasteiger charge is 2.14. The summed E-state index contributed by atoms with van der Waals surface area (Å²) in [6.07, 6.45) is 3.77. The molecule has 1 rings (SSSR count). The number of nitrogens with zero attached hydrogens (tertiary/aromatic N) is 1. The normalized spacial score (nSPS) is 11.0. The number of halogens is 1. The summed E-state index contributed by atoms with van der Waals surface area (Å²) in [6, 6.07) is 6.08. The van der Waals surface area contributed by atoms with Crippen LogP contribution in [0.3, 0.4) is 0 Å². The van der Waals surface area contributed by atoms with Crippen LogP contribution in [0.15, 0.2) is 29.9 Å². The van der Waals surface area contributed by atoms with E-state index in [1.807, 2.05) is 26.0 Å². The van der Waals surface area contributed by atoms with Gasteiger partial charge in [-0.3, -0.25) is 0 Å². The zero-order valence-corrected chi connectivity index (χ0v) is 16.3. The van der Waals surface area contributed by atoms with Crippen LogP contribution in [0.2, 0.25) is 0 Å². The molecule has 23 heavy (non-hydrogen) atoms. The summed E-state index contributed by atoms with van der Waals surface area (Å²) >= 11 is 6.68. The van der Waals surface area contributed by atoms with Crippen LogP contribution < -0.4 is 0 Å². The Labute approximate surface area is 147 Å². The SMILES string of the molecule is C=C(CCC)/C(CC)=C(/Cl)c1cc(C#N)cc(CC)c1C.CC. The largest absolute Gasteiger partial charge is 0.192 e. The lowest BCUT2D eigenvalue weighted by Crippen LogP contribution is -1.98. The van der Waals surface area contributed by atoms with E-state index in [0.29, 0.717) is 5.56 Å². The van der Waals surface area contributed by atoms with Gasteiger partial charge < -0.3 is 0 Å². The minimum atomic E-state index is 0.669. The molecule has 126 valence electrons. The molecule has 0 atom stereocenters. The number of benzene rings is 1. The Morgan fingerprint density at radius 1 is 1.22 bits per heavy atom. The smallest absolute Gasteiger partial charge is 0.0991 e. The average molecular weight is 332 g/mol. The van der Waals surface area contributed by atoms with Gasteiger partial charge in [0.25, 0.3) is 0 Å². The van der Waals surface area contributed by atoms with Crippen LogP contribution in [0.5, 0.6) is 0 Å². The van der Waals surface area contributed by atoms with Gasteiger partial charge in [-0.25, -0.2) is 0 Å². The van der Waals surface area contributed by atoms with Crippen molar-refractivity contribution in [2.24, 2.45) is 0 Å². The highest BCUT2D eigenvalue weighted by Crippen LogP contribution is 2.34. The lowest BCUT2D eigenvalue weighted by atomic mass is 9.92. The molecule has 1 nitrogen and oxygen atoms in total. The molecule has 0 saturated carbocycles. The fourth-order valence-corrected chi connectivity index (χ4v) is 3.07. The van der Waals surface area contributed by atoms with E-state index in [4.69, 9.17) is 11.6 Å². The van der Waals surface area contributed by atoms with E-state index < -0.39 is 0 Å². The second-order valence-corrected chi connectivity index (χ2v) is 5.65. The lowest BCUT2D eigenvalue weighted by Gasteiger charge is -2.16. The van der Waals surface area contributed by atoms with Gasteiger partial charge in [0.05, 0.1) is 16.7 Å². The number of rotatable bonds is 6. The quantitative estimate of drug-likeness (QED) is 0.507. The molecule has 0 fully saturated rings. The third-order valence-corrected chi connectivity index (χ3v) is 4.29. The molecule has 0 aliphatic heterocycles. The van der Waals surface area contributed by atoms with E-state index >= 15 is 0 Å². The monoisotopic (exact) mass is 331 g/mol. The number of hydrogen-bond donors (Lipinski definition) is 0. The van der Waals surface area contributed by atoms with Gasteiger partial charge >= 0.3 is 0 Å². The van der Waals surface area contributed by atoms with Crippen LogP contribution >= 0.6 is 11.6 Å². The van der Waals surface area contributed by atoms with E-state index in [1.54, 1.807) is 0 Å². The van der Waals surface area contributed by atoms with Gasteiger partial charge in [0, 0.05) is 0 Å². The molecular formula is C21H30ClN. The molecule has 0 amide bonds. The molecule has 0 saturated heterocycles. The summed E-state index contributed by atoms with van der Waals surface area (Å²) in [4.78, 5) is 0. The Bertz CT molecular complexity index is 603. The van der Waals surface area contributed by atoms with Crippen molar-refractivity contribution in [3.05, 3.63) is 52.1 Å². The summed E-state index contributed by atoms with van der Waals surface area (Å²) in [5.74, 6) is 0. The molecule has 1 aromatic carbocycles. The maximum Gasteiger partial charge on any atom is 0.0991 e. The van der Waals surface area contributed by atoms with Crippen LogP contribution in [0.25, 0.3) is 5.03 Å². The van der Waals surface area contributed by atoms with E-state index in [0.717, 1.165) is 53.0 Å². The number of allylic oxidation sites excluding steroid dienone is 2. The van der Waals surface area contributed by atoms with Crippen LogP contribution in [-0.2, 0) is 6.42 Å². The first-order valence-electron chi connectivity index (χ1n) is 8.60. The second kappa shape index (κ2) is 11.1. The highest BCUT2D eigenvalue weighted by molar-refractivity contribution is 6.49. The minimum absolute atomic E-state index is 0.669. The van der Waals surface area contributed by atoms with Crippen molar-refractivity contribution in [2.75, 3.05) is 0 Å². The third-order valence-electron chi connectivity index (χ3n) is 3.86. The fourth-order valence-electron chi connectivity index (χ4n) is 2.61. The van der Waals surface area contributed by atoms with Gasteiger partial charge in [0.1, 0.15) is 0 Å². The Hall–Kier alpha value is -1.52. The zero-order chi connectivity index (χ0) is 18.0. The molecule has 0 spiro atoms. The van der Waals surface area contributed by atoms with E-state index in [2.05, 4.69) is 40.3 Å². The van der Waals surface area contributed by atoms with Gasteiger partial charge in [0.15, 0.2) is 0 Å².